The number of urea groups is 1. The predicted octanol–water partition coefficient (Wildman–Crippen LogP) is 3.89. The van der Waals surface area contributed by atoms with Crippen molar-refractivity contribution in [2.45, 2.75) is 76.5 Å². The molecule has 0 radical (unpaired) electrons. The Morgan fingerprint density at radius 2 is 1.96 bits per heavy atom. The maximum absolute atomic E-state index is 12.9. The molecule has 1 saturated carbocycles. The number of hydrogen-bond acceptors (Lipinski definition) is 3. The average molecular weight is 345 g/mol. The van der Waals surface area contributed by atoms with Gasteiger partial charge >= 0.3 is 6.03 Å². The van der Waals surface area contributed by atoms with E-state index >= 15 is 0 Å². The van der Waals surface area contributed by atoms with Gasteiger partial charge < -0.3 is 15.0 Å². The molecule has 0 unspecified atom stereocenters. The number of ether oxygens (including phenoxy) is 1. The Hall–Kier alpha value is -1.62. The molecule has 0 aromatic carbocycles. The third kappa shape index (κ3) is 5.99. The summed E-state index contributed by atoms with van der Waals surface area (Å²) in [6.45, 7) is 2.06. The van der Waals surface area contributed by atoms with Gasteiger partial charge in [-0.05, 0) is 37.3 Å². The van der Waals surface area contributed by atoms with Crippen LogP contribution in [-0.4, -0.2) is 41.2 Å². The number of nitrogens with one attached hydrogen (secondary N) is 1. The fourth-order valence-corrected chi connectivity index (χ4v) is 3.83. The Kier molecular flexibility index (Phi) is 7.10. The molecule has 1 aliphatic heterocycles. The molecule has 3 rings (SSSR count). The molecular formula is C20H31N3O2. The minimum absolute atomic E-state index is 0.0462. The molecule has 1 atom stereocenters. The molecule has 2 amide bonds. The summed E-state index contributed by atoms with van der Waals surface area (Å²) in [4.78, 5) is 19.0. The van der Waals surface area contributed by atoms with Crippen molar-refractivity contribution in [3.8, 4) is 0 Å². The number of hydrogen-bond donors (Lipinski definition) is 1. The van der Waals surface area contributed by atoms with Crippen LogP contribution >= 0.6 is 0 Å². The van der Waals surface area contributed by atoms with E-state index in [0.717, 1.165) is 37.9 Å². The average Bonchev–Trinajstić information content (AvgIpc) is 3.10. The van der Waals surface area contributed by atoms with E-state index in [1.54, 1.807) is 6.20 Å². The van der Waals surface area contributed by atoms with Crippen molar-refractivity contribution >= 4 is 6.03 Å². The Bertz CT molecular complexity index is 509. The molecular weight excluding hydrogens is 314 g/mol. The highest BCUT2D eigenvalue weighted by Gasteiger charge is 2.24. The minimum Gasteiger partial charge on any atom is -0.376 e. The van der Waals surface area contributed by atoms with Crippen molar-refractivity contribution in [3.05, 3.63) is 30.1 Å². The standard InChI is InChI=1S/C20H31N3O2/c24-20(22-18-9-4-2-1-3-5-10-18)23(16-19-11-7-13-25-19)15-17-8-6-12-21-14-17/h6,8,12,14,18-19H,1-5,7,9-11,13,15-16H2,(H,22,24)/t19-/m0/s1. The molecule has 1 saturated heterocycles. The molecule has 1 aliphatic carbocycles. The molecule has 2 aliphatic rings. The maximum atomic E-state index is 12.9. The zero-order valence-corrected chi connectivity index (χ0v) is 15.2. The summed E-state index contributed by atoms with van der Waals surface area (Å²) >= 11 is 0. The quantitative estimate of drug-likeness (QED) is 0.881. The molecule has 1 N–H and O–H groups in total. The number of carbonyl (C=O) groups is 1. The lowest BCUT2D eigenvalue weighted by molar-refractivity contribution is 0.0786. The Morgan fingerprint density at radius 3 is 2.64 bits per heavy atom. The molecule has 5 nitrogen and oxygen atoms in total. The van der Waals surface area contributed by atoms with Gasteiger partial charge in [0.15, 0.2) is 0 Å². The van der Waals surface area contributed by atoms with Crippen LogP contribution in [0.2, 0.25) is 0 Å². The molecule has 138 valence electrons. The van der Waals surface area contributed by atoms with Gasteiger partial charge in [-0.25, -0.2) is 4.79 Å². The van der Waals surface area contributed by atoms with Gasteiger partial charge in [-0.3, -0.25) is 4.98 Å². The Morgan fingerprint density at radius 1 is 1.16 bits per heavy atom. The summed E-state index contributed by atoms with van der Waals surface area (Å²) in [7, 11) is 0. The van der Waals surface area contributed by atoms with E-state index in [2.05, 4.69) is 10.3 Å². The minimum atomic E-state index is 0.0462. The van der Waals surface area contributed by atoms with E-state index in [1.165, 1.54) is 32.1 Å². The van der Waals surface area contributed by atoms with Crippen LogP contribution in [0.1, 0.15) is 63.4 Å². The van der Waals surface area contributed by atoms with Crippen LogP contribution in [0.25, 0.3) is 0 Å². The summed E-state index contributed by atoms with van der Waals surface area (Å²) in [5, 5.41) is 3.29. The van der Waals surface area contributed by atoms with Crippen LogP contribution in [0.15, 0.2) is 24.5 Å². The van der Waals surface area contributed by atoms with Crippen LogP contribution in [-0.2, 0) is 11.3 Å². The topological polar surface area (TPSA) is 54.5 Å². The first kappa shape index (κ1) is 18.2. The van der Waals surface area contributed by atoms with E-state index in [-0.39, 0.29) is 12.1 Å². The highest BCUT2D eigenvalue weighted by atomic mass is 16.5. The van der Waals surface area contributed by atoms with E-state index in [9.17, 15) is 4.79 Å². The zero-order valence-electron chi connectivity index (χ0n) is 15.2. The molecule has 1 aromatic heterocycles. The summed E-state index contributed by atoms with van der Waals surface area (Å²) in [5.41, 5.74) is 1.06. The normalized spacial score (nSPS) is 22.2. The second-order valence-electron chi connectivity index (χ2n) is 7.37. The van der Waals surface area contributed by atoms with Crippen LogP contribution < -0.4 is 5.32 Å². The number of aromatic nitrogens is 1. The van der Waals surface area contributed by atoms with E-state index in [0.29, 0.717) is 19.1 Å². The molecule has 0 bridgehead atoms. The van der Waals surface area contributed by atoms with Crippen molar-refractivity contribution in [1.29, 1.82) is 0 Å². The largest absolute Gasteiger partial charge is 0.376 e. The lowest BCUT2D eigenvalue weighted by Crippen LogP contribution is -2.47. The third-order valence-corrected chi connectivity index (χ3v) is 5.26. The van der Waals surface area contributed by atoms with Crippen LogP contribution in [0.3, 0.4) is 0 Å². The first-order chi connectivity index (χ1) is 12.3. The Labute approximate surface area is 151 Å². The van der Waals surface area contributed by atoms with Crippen molar-refractivity contribution in [2.75, 3.05) is 13.2 Å². The summed E-state index contributed by atoms with van der Waals surface area (Å²) in [6.07, 6.45) is 14.5. The summed E-state index contributed by atoms with van der Waals surface area (Å²) in [5.74, 6) is 0. The number of nitrogens with zero attached hydrogens (tertiary/aromatic N) is 2. The monoisotopic (exact) mass is 345 g/mol. The summed E-state index contributed by atoms with van der Waals surface area (Å²) < 4.78 is 5.76. The SMILES string of the molecule is O=C(NC1CCCCCCC1)N(Cc1cccnc1)C[C@@H]1CCCO1. The molecule has 2 heterocycles. The predicted molar refractivity (Wildman–Crippen MR) is 98.3 cm³/mol. The highest BCUT2D eigenvalue weighted by Crippen LogP contribution is 2.19. The zero-order chi connectivity index (χ0) is 17.3. The smallest absolute Gasteiger partial charge is 0.318 e. The van der Waals surface area contributed by atoms with Crippen molar-refractivity contribution in [1.82, 2.24) is 15.2 Å². The molecule has 0 spiro atoms. The second-order valence-corrected chi connectivity index (χ2v) is 7.37. The molecule has 1 aromatic rings. The molecule has 2 fully saturated rings. The van der Waals surface area contributed by atoms with E-state index < -0.39 is 0 Å². The van der Waals surface area contributed by atoms with Crippen molar-refractivity contribution in [2.24, 2.45) is 0 Å². The van der Waals surface area contributed by atoms with Crippen LogP contribution in [0, 0.1) is 0 Å². The van der Waals surface area contributed by atoms with Gasteiger partial charge in [0, 0.05) is 38.1 Å². The highest BCUT2D eigenvalue weighted by molar-refractivity contribution is 5.74. The lowest BCUT2D eigenvalue weighted by atomic mass is 9.97. The first-order valence-corrected chi connectivity index (χ1v) is 9.87. The molecule has 25 heavy (non-hydrogen) atoms. The van der Waals surface area contributed by atoms with Crippen LogP contribution in [0.5, 0.6) is 0 Å². The van der Waals surface area contributed by atoms with E-state index in [4.69, 9.17) is 4.74 Å². The van der Waals surface area contributed by atoms with Gasteiger partial charge in [0.1, 0.15) is 0 Å². The third-order valence-electron chi connectivity index (χ3n) is 5.26. The molecule has 5 heteroatoms. The number of pyridine rings is 1. The fraction of sp³-hybridized carbons (Fsp3) is 0.700. The first-order valence-electron chi connectivity index (χ1n) is 9.87. The maximum Gasteiger partial charge on any atom is 0.318 e. The number of carbonyl (C=O) groups excluding carboxylic acids is 1. The van der Waals surface area contributed by atoms with Gasteiger partial charge in [0.05, 0.1) is 6.10 Å². The van der Waals surface area contributed by atoms with Crippen molar-refractivity contribution < 1.29 is 9.53 Å². The van der Waals surface area contributed by atoms with Gasteiger partial charge in [-0.2, -0.15) is 0 Å². The van der Waals surface area contributed by atoms with Gasteiger partial charge in [-0.15, -0.1) is 0 Å². The van der Waals surface area contributed by atoms with Gasteiger partial charge in [-0.1, -0.05) is 38.2 Å². The van der Waals surface area contributed by atoms with Gasteiger partial charge in [0.2, 0.25) is 0 Å². The number of amides is 2. The van der Waals surface area contributed by atoms with Gasteiger partial charge in [0.25, 0.3) is 0 Å². The van der Waals surface area contributed by atoms with E-state index in [1.807, 2.05) is 23.2 Å². The van der Waals surface area contributed by atoms with Crippen molar-refractivity contribution in [3.63, 3.8) is 0 Å². The fourth-order valence-electron chi connectivity index (χ4n) is 3.83. The van der Waals surface area contributed by atoms with Crippen LogP contribution in [0.4, 0.5) is 4.79 Å². The second kappa shape index (κ2) is 9.76. The number of rotatable bonds is 5. The Balaban J connectivity index is 1.60. The summed E-state index contributed by atoms with van der Waals surface area (Å²) in [6, 6.07) is 4.31. The lowest BCUT2D eigenvalue weighted by Gasteiger charge is -2.29.